The van der Waals surface area contributed by atoms with Crippen LogP contribution in [0.25, 0.3) is 0 Å². The Morgan fingerprint density at radius 3 is 2.67 bits per heavy atom. The van der Waals surface area contributed by atoms with Gasteiger partial charge < -0.3 is 10.4 Å². The lowest BCUT2D eigenvalue weighted by molar-refractivity contribution is 0.00528. The van der Waals surface area contributed by atoms with E-state index in [1.807, 2.05) is 18.2 Å². The SMILES string of the molecule is OC1(c2cc(Cl)ccc2Br)CCNCC1. The van der Waals surface area contributed by atoms with Gasteiger partial charge in [-0.05, 0) is 49.7 Å². The zero-order chi connectivity index (χ0) is 10.9. The molecule has 1 aliphatic rings. The predicted molar refractivity (Wildman–Crippen MR) is 65.2 cm³/mol. The highest BCUT2D eigenvalue weighted by Crippen LogP contribution is 2.36. The molecule has 0 unspecified atom stereocenters. The molecule has 2 N–H and O–H groups in total. The highest BCUT2D eigenvalue weighted by molar-refractivity contribution is 9.10. The van der Waals surface area contributed by atoms with Crippen molar-refractivity contribution in [3.05, 3.63) is 33.3 Å². The first-order valence-corrected chi connectivity index (χ1v) is 6.17. The van der Waals surface area contributed by atoms with E-state index < -0.39 is 5.60 Å². The fourth-order valence-corrected chi connectivity index (χ4v) is 2.75. The molecule has 0 aliphatic carbocycles. The van der Waals surface area contributed by atoms with E-state index in [1.54, 1.807) is 0 Å². The van der Waals surface area contributed by atoms with Gasteiger partial charge in [-0.1, -0.05) is 27.5 Å². The van der Waals surface area contributed by atoms with E-state index in [-0.39, 0.29) is 0 Å². The second kappa shape index (κ2) is 4.42. The minimum atomic E-state index is -0.741. The van der Waals surface area contributed by atoms with Crippen molar-refractivity contribution in [2.24, 2.45) is 0 Å². The van der Waals surface area contributed by atoms with Crippen LogP contribution in [-0.2, 0) is 5.60 Å². The normalized spacial score (nSPS) is 20.2. The Labute approximate surface area is 103 Å². The number of benzene rings is 1. The molecular formula is C11H13BrClNO. The summed E-state index contributed by atoms with van der Waals surface area (Å²) < 4.78 is 0.927. The Morgan fingerprint density at radius 1 is 1.33 bits per heavy atom. The van der Waals surface area contributed by atoms with Crippen LogP contribution in [0.1, 0.15) is 18.4 Å². The standard InChI is InChI=1S/C11H13BrClNO/c12-10-2-1-8(13)7-9(10)11(15)3-5-14-6-4-11/h1-2,7,14-15H,3-6H2. The molecule has 82 valence electrons. The molecule has 0 atom stereocenters. The molecule has 2 rings (SSSR count). The fourth-order valence-electron chi connectivity index (χ4n) is 1.96. The van der Waals surface area contributed by atoms with E-state index in [0.717, 1.165) is 36.0 Å². The van der Waals surface area contributed by atoms with Crippen LogP contribution in [-0.4, -0.2) is 18.2 Å². The first-order valence-electron chi connectivity index (χ1n) is 5.00. The summed E-state index contributed by atoms with van der Waals surface area (Å²) in [5, 5.41) is 14.4. The van der Waals surface area contributed by atoms with Gasteiger partial charge in [-0.3, -0.25) is 0 Å². The van der Waals surface area contributed by atoms with Crippen molar-refractivity contribution in [3.63, 3.8) is 0 Å². The van der Waals surface area contributed by atoms with Gasteiger partial charge >= 0.3 is 0 Å². The smallest absolute Gasteiger partial charge is 0.0932 e. The van der Waals surface area contributed by atoms with Gasteiger partial charge in [0.1, 0.15) is 0 Å². The van der Waals surface area contributed by atoms with Gasteiger partial charge in [-0.2, -0.15) is 0 Å². The minimum absolute atomic E-state index is 0.667. The highest BCUT2D eigenvalue weighted by atomic mass is 79.9. The molecule has 0 amide bonds. The predicted octanol–water partition coefficient (Wildman–Crippen LogP) is 2.67. The van der Waals surface area contributed by atoms with Crippen LogP contribution in [0.4, 0.5) is 0 Å². The summed E-state index contributed by atoms with van der Waals surface area (Å²) in [6.45, 7) is 1.69. The number of nitrogens with one attached hydrogen (secondary N) is 1. The third kappa shape index (κ3) is 2.36. The number of halogens is 2. The van der Waals surface area contributed by atoms with Crippen LogP contribution < -0.4 is 5.32 Å². The molecule has 2 nitrogen and oxygen atoms in total. The number of aliphatic hydroxyl groups is 1. The molecule has 0 aromatic heterocycles. The van der Waals surface area contributed by atoms with Crippen molar-refractivity contribution in [2.75, 3.05) is 13.1 Å². The number of hydrogen-bond acceptors (Lipinski definition) is 2. The number of hydrogen-bond donors (Lipinski definition) is 2. The number of piperidine rings is 1. The third-order valence-electron chi connectivity index (χ3n) is 2.86. The molecule has 1 aromatic carbocycles. The first-order chi connectivity index (χ1) is 7.12. The largest absolute Gasteiger partial charge is 0.385 e. The summed E-state index contributed by atoms with van der Waals surface area (Å²) in [6.07, 6.45) is 1.46. The van der Waals surface area contributed by atoms with Crippen molar-refractivity contribution >= 4 is 27.5 Å². The van der Waals surface area contributed by atoms with Crippen molar-refractivity contribution in [1.29, 1.82) is 0 Å². The summed E-state index contributed by atoms with van der Waals surface area (Å²) in [5.41, 5.74) is 0.158. The van der Waals surface area contributed by atoms with Gasteiger partial charge in [0.2, 0.25) is 0 Å². The lowest BCUT2D eigenvalue weighted by Crippen LogP contribution is -2.39. The highest BCUT2D eigenvalue weighted by Gasteiger charge is 2.32. The monoisotopic (exact) mass is 289 g/mol. The maximum atomic E-state index is 10.5. The third-order valence-corrected chi connectivity index (χ3v) is 3.79. The zero-order valence-corrected chi connectivity index (χ0v) is 10.6. The Morgan fingerprint density at radius 2 is 2.00 bits per heavy atom. The average Bonchev–Trinajstić information content (AvgIpc) is 2.23. The molecule has 1 fully saturated rings. The molecule has 4 heteroatoms. The van der Waals surface area contributed by atoms with Crippen LogP contribution in [0.3, 0.4) is 0 Å². The van der Waals surface area contributed by atoms with E-state index in [9.17, 15) is 5.11 Å². The van der Waals surface area contributed by atoms with Gasteiger partial charge in [0.15, 0.2) is 0 Å². The molecule has 0 radical (unpaired) electrons. The van der Waals surface area contributed by atoms with Crippen LogP contribution in [0.15, 0.2) is 22.7 Å². The summed E-state index contributed by atoms with van der Waals surface area (Å²) >= 11 is 9.41. The molecule has 1 aliphatic heterocycles. The molecule has 1 aromatic rings. The maximum Gasteiger partial charge on any atom is 0.0932 e. The van der Waals surface area contributed by atoms with Gasteiger partial charge in [-0.15, -0.1) is 0 Å². The van der Waals surface area contributed by atoms with Gasteiger partial charge in [0.25, 0.3) is 0 Å². The van der Waals surface area contributed by atoms with E-state index >= 15 is 0 Å². The lowest BCUT2D eigenvalue weighted by atomic mass is 9.85. The van der Waals surface area contributed by atoms with Crippen molar-refractivity contribution in [2.45, 2.75) is 18.4 Å². The second-order valence-electron chi connectivity index (χ2n) is 3.91. The topological polar surface area (TPSA) is 32.3 Å². The van der Waals surface area contributed by atoms with Crippen LogP contribution in [0.2, 0.25) is 5.02 Å². The molecular weight excluding hydrogens is 277 g/mol. The van der Waals surface area contributed by atoms with E-state index in [4.69, 9.17) is 11.6 Å². The van der Waals surface area contributed by atoms with E-state index in [1.165, 1.54) is 0 Å². The van der Waals surface area contributed by atoms with Crippen LogP contribution in [0, 0.1) is 0 Å². The Hall–Kier alpha value is -0.0900. The first kappa shape index (κ1) is 11.4. The second-order valence-corrected chi connectivity index (χ2v) is 5.20. The zero-order valence-electron chi connectivity index (χ0n) is 8.26. The van der Waals surface area contributed by atoms with Gasteiger partial charge in [0, 0.05) is 9.50 Å². The quantitative estimate of drug-likeness (QED) is 0.833. The van der Waals surface area contributed by atoms with Crippen LogP contribution in [0.5, 0.6) is 0 Å². The molecule has 1 heterocycles. The van der Waals surface area contributed by atoms with Crippen molar-refractivity contribution in [3.8, 4) is 0 Å². The summed E-state index contributed by atoms with van der Waals surface area (Å²) in [7, 11) is 0. The van der Waals surface area contributed by atoms with Gasteiger partial charge in [-0.25, -0.2) is 0 Å². The van der Waals surface area contributed by atoms with Gasteiger partial charge in [0.05, 0.1) is 5.60 Å². The minimum Gasteiger partial charge on any atom is -0.385 e. The fraction of sp³-hybridized carbons (Fsp3) is 0.455. The molecule has 1 saturated heterocycles. The molecule has 0 spiro atoms. The summed E-state index contributed by atoms with van der Waals surface area (Å²) in [4.78, 5) is 0. The van der Waals surface area contributed by atoms with E-state index in [0.29, 0.717) is 5.02 Å². The van der Waals surface area contributed by atoms with E-state index in [2.05, 4.69) is 21.2 Å². The van der Waals surface area contributed by atoms with Crippen molar-refractivity contribution in [1.82, 2.24) is 5.32 Å². The lowest BCUT2D eigenvalue weighted by Gasteiger charge is -2.33. The molecule has 0 saturated carbocycles. The maximum absolute atomic E-state index is 10.5. The molecule has 0 bridgehead atoms. The van der Waals surface area contributed by atoms with Crippen molar-refractivity contribution < 1.29 is 5.11 Å². The Kier molecular flexibility index (Phi) is 3.36. The Balaban J connectivity index is 2.38. The Bertz CT molecular complexity index is 364. The van der Waals surface area contributed by atoms with Crippen LogP contribution >= 0.6 is 27.5 Å². The summed E-state index contributed by atoms with van der Waals surface area (Å²) in [6, 6.07) is 5.55. The molecule has 15 heavy (non-hydrogen) atoms. The average molecular weight is 291 g/mol. The summed E-state index contributed by atoms with van der Waals surface area (Å²) in [5.74, 6) is 0. The number of rotatable bonds is 1.